The van der Waals surface area contributed by atoms with Crippen LogP contribution >= 0.6 is 23.2 Å². The summed E-state index contributed by atoms with van der Waals surface area (Å²) in [6, 6.07) is 13.8. The van der Waals surface area contributed by atoms with E-state index < -0.39 is 39.7 Å². The molecular formula is C28H33Cl2NO5S. The van der Waals surface area contributed by atoms with Crippen LogP contribution in [0.25, 0.3) is 0 Å². The molecule has 1 saturated heterocycles. The van der Waals surface area contributed by atoms with E-state index in [1.807, 2.05) is 30.3 Å². The number of aliphatic hydroxyl groups excluding tert-OH is 1. The Morgan fingerprint density at radius 1 is 1.11 bits per heavy atom. The van der Waals surface area contributed by atoms with Crippen LogP contribution in [-0.4, -0.2) is 54.3 Å². The monoisotopic (exact) mass is 565 g/mol. The number of hydrogen-bond donors (Lipinski definition) is 1. The average Bonchev–Trinajstić information content (AvgIpc) is 3.70. The summed E-state index contributed by atoms with van der Waals surface area (Å²) >= 11 is 12.6. The quantitative estimate of drug-likeness (QED) is 0.426. The number of aliphatic hydroxyl groups is 1. The Kier molecular flexibility index (Phi) is 8.39. The molecule has 1 heterocycles. The number of hydrogen-bond acceptors (Lipinski definition) is 5. The maximum absolute atomic E-state index is 14.4. The molecule has 9 heteroatoms. The van der Waals surface area contributed by atoms with Crippen LogP contribution in [0.1, 0.15) is 62.6 Å². The van der Waals surface area contributed by atoms with Crippen molar-refractivity contribution in [2.75, 3.05) is 18.1 Å². The van der Waals surface area contributed by atoms with Crippen LogP contribution in [0.4, 0.5) is 0 Å². The number of benzene rings is 2. The van der Waals surface area contributed by atoms with E-state index in [-0.39, 0.29) is 35.7 Å². The molecule has 0 radical (unpaired) electrons. The predicted molar refractivity (Wildman–Crippen MR) is 146 cm³/mol. The second-order valence-electron chi connectivity index (χ2n) is 10.6. The highest BCUT2D eigenvalue weighted by Gasteiger charge is 2.54. The Hall–Kier alpha value is -1.93. The van der Waals surface area contributed by atoms with Gasteiger partial charge in [-0.15, -0.1) is 0 Å². The fraction of sp³-hybridized carbons (Fsp3) is 0.500. The lowest BCUT2D eigenvalue weighted by atomic mass is 9.66. The van der Waals surface area contributed by atoms with E-state index in [0.29, 0.717) is 16.5 Å². The van der Waals surface area contributed by atoms with Gasteiger partial charge in [0.2, 0.25) is 5.91 Å². The molecule has 2 aromatic rings. The molecule has 4 rings (SSSR count). The van der Waals surface area contributed by atoms with Crippen molar-refractivity contribution in [3.63, 3.8) is 0 Å². The summed E-state index contributed by atoms with van der Waals surface area (Å²) < 4.78 is 25.8. The van der Waals surface area contributed by atoms with Gasteiger partial charge in [-0.3, -0.25) is 9.59 Å². The summed E-state index contributed by atoms with van der Waals surface area (Å²) in [4.78, 5) is 28.6. The molecule has 1 saturated carbocycles. The van der Waals surface area contributed by atoms with E-state index in [0.717, 1.165) is 24.0 Å². The van der Waals surface area contributed by atoms with Crippen molar-refractivity contribution >= 4 is 44.7 Å². The molecule has 0 bridgehead atoms. The van der Waals surface area contributed by atoms with Gasteiger partial charge in [0.25, 0.3) is 0 Å². The molecule has 0 spiro atoms. The first-order chi connectivity index (χ1) is 17.5. The van der Waals surface area contributed by atoms with Crippen molar-refractivity contribution < 1.29 is 23.1 Å². The summed E-state index contributed by atoms with van der Waals surface area (Å²) in [6.07, 6.45) is 1.91. The topological polar surface area (TPSA) is 91.8 Å². The minimum atomic E-state index is -3.41. The molecular weight excluding hydrogens is 533 g/mol. The lowest BCUT2D eigenvalue weighted by molar-refractivity contribution is -0.157. The van der Waals surface area contributed by atoms with Gasteiger partial charge in [-0.05, 0) is 60.6 Å². The molecule has 1 unspecified atom stereocenters. The Morgan fingerprint density at radius 2 is 1.78 bits per heavy atom. The highest BCUT2D eigenvalue weighted by molar-refractivity contribution is 7.91. The zero-order chi connectivity index (χ0) is 27.0. The number of halogens is 2. The van der Waals surface area contributed by atoms with Gasteiger partial charge in [0.15, 0.2) is 15.6 Å². The van der Waals surface area contributed by atoms with Gasteiger partial charge in [-0.1, -0.05) is 61.3 Å². The number of piperidine rings is 1. The molecule has 200 valence electrons. The third kappa shape index (κ3) is 6.22. The third-order valence-electron chi connectivity index (χ3n) is 7.74. The number of Topliss-reactive ketones (excluding diaryl/α,β-unsaturated/α-hetero) is 1. The van der Waals surface area contributed by atoms with Gasteiger partial charge in [0, 0.05) is 34.2 Å². The van der Waals surface area contributed by atoms with Crippen LogP contribution in [-0.2, 0) is 19.4 Å². The largest absolute Gasteiger partial charge is 0.389 e. The molecule has 6 nitrogen and oxygen atoms in total. The molecule has 4 atom stereocenters. The lowest BCUT2D eigenvalue weighted by Crippen LogP contribution is -2.58. The molecule has 1 amide bonds. The summed E-state index contributed by atoms with van der Waals surface area (Å²) in [5.74, 6) is -1.01. The molecule has 0 aromatic heterocycles. The van der Waals surface area contributed by atoms with Gasteiger partial charge in [0.05, 0.1) is 17.2 Å². The van der Waals surface area contributed by atoms with Crippen molar-refractivity contribution in [2.45, 2.75) is 57.5 Å². The number of carbonyl (C=O) groups is 2. The Balaban J connectivity index is 1.92. The van der Waals surface area contributed by atoms with Crippen LogP contribution in [0.15, 0.2) is 48.5 Å². The van der Waals surface area contributed by atoms with E-state index in [9.17, 15) is 23.1 Å². The van der Waals surface area contributed by atoms with Gasteiger partial charge < -0.3 is 10.0 Å². The lowest BCUT2D eigenvalue weighted by Gasteiger charge is -2.52. The fourth-order valence-corrected chi connectivity index (χ4v) is 7.22. The minimum absolute atomic E-state index is 0.0121. The zero-order valence-electron chi connectivity index (χ0n) is 21.1. The number of sulfone groups is 1. The van der Waals surface area contributed by atoms with Gasteiger partial charge in [0.1, 0.15) is 6.61 Å². The van der Waals surface area contributed by atoms with E-state index in [2.05, 4.69) is 0 Å². The highest BCUT2D eigenvalue weighted by atomic mass is 35.5. The maximum atomic E-state index is 14.4. The van der Waals surface area contributed by atoms with E-state index >= 15 is 0 Å². The van der Waals surface area contributed by atoms with Crippen molar-refractivity contribution in [2.24, 2.45) is 11.3 Å². The van der Waals surface area contributed by atoms with Gasteiger partial charge >= 0.3 is 0 Å². The van der Waals surface area contributed by atoms with E-state index in [1.54, 1.807) is 36.9 Å². The summed E-state index contributed by atoms with van der Waals surface area (Å²) in [7, 11) is -3.41. The van der Waals surface area contributed by atoms with Crippen molar-refractivity contribution in [1.29, 1.82) is 0 Å². The normalized spacial score (nSPS) is 25.2. The Labute approximate surface area is 228 Å². The number of ketones is 1. The summed E-state index contributed by atoms with van der Waals surface area (Å²) in [5.41, 5.74) is 0.636. The van der Waals surface area contributed by atoms with E-state index in [1.165, 1.54) is 0 Å². The summed E-state index contributed by atoms with van der Waals surface area (Å²) in [6.45, 7) is 2.72. The first-order valence-corrected chi connectivity index (χ1v) is 15.2. The molecule has 1 aliphatic heterocycles. The molecule has 37 heavy (non-hydrogen) atoms. The highest BCUT2D eigenvalue weighted by Crippen LogP contribution is 2.54. The predicted octanol–water partition coefficient (Wildman–Crippen LogP) is 5.22. The van der Waals surface area contributed by atoms with Crippen molar-refractivity contribution in [3.05, 3.63) is 69.7 Å². The first-order valence-electron chi connectivity index (χ1n) is 12.6. The Bertz CT molecular complexity index is 1260. The number of rotatable bonds is 10. The van der Waals surface area contributed by atoms with Crippen LogP contribution in [0.2, 0.25) is 10.0 Å². The molecule has 2 aliphatic rings. The standard InChI is InChI=1S/C28H33Cl2NO5S/c1-3-37(35,36)17-25(18-7-8-18)31-26(19-9-11-21(29)12-10-19)24(20-5-4-6-22(30)13-20)15-28(2,27(31)34)14-23(33)16-32/h4-6,9-13,18,24-26,32H,3,7-8,14-17H2,1-2H3/t24-,25?,26-,28+/m1/s1. The second kappa shape index (κ2) is 11.0. The molecule has 2 aromatic carbocycles. The number of likely N-dealkylation sites (tertiary alicyclic amines) is 1. The number of amides is 1. The molecule has 1 N–H and O–H groups in total. The van der Waals surface area contributed by atoms with Crippen LogP contribution in [0.5, 0.6) is 0 Å². The third-order valence-corrected chi connectivity index (χ3v) is 9.96. The average molecular weight is 567 g/mol. The van der Waals surface area contributed by atoms with E-state index in [4.69, 9.17) is 23.2 Å². The van der Waals surface area contributed by atoms with Crippen molar-refractivity contribution in [1.82, 2.24) is 4.90 Å². The fourth-order valence-electron chi connectivity index (χ4n) is 5.70. The Morgan fingerprint density at radius 3 is 2.35 bits per heavy atom. The number of nitrogens with zero attached hydrogens (tertiary/aromatic N) is 1. The minimum Gasteiger partial charge on any atom is -0.389 e. The van der Waals surface area contributed by atoms with Crippen molar-refractivity contribution in [3.8, 4) is 0 Å². The van der Waals surface area contributed by atoms with Crippen LogP contribution in [0, 0.1) is 11.3 Å². The van der Waals surface area contributed by atoms with Gasteiger partial charge in [-0.25, -0.2) is 8.42 Å². The first kappa shape index (κ1) is 28.1. The smallest absolute Gasteiger partial charge is 0.229 e. The maximum Gasteiger partial charge on any atom is 0.229 e. The molecule has 2 fully saturated rings. The summed E-state index contributed by atoms with van der Waals surface area (Å²) in [5, 5.41) is 10.6. The number of carbonyl (C=O) groups excluding carboxylic acids is 2. The SMILES string of the molecule is CCS(=O)(=O)CC(C1CC1)N1C(=O)[C@@](C)(CC(=O)CO)C[C@H](c2cccc(Cl)c2)[C@H]1c1ccc(Cl)cc1. The second-order valence-corrected chi connectivity index (χ2v) is 13.9. The zero-order valence-corrected chi connectivity index (χ0v) is 23.4. The van der Waals surface area contributed by atoms with Crippen LogP contribution < -0.4 is 0 Å². The molecule has 1 aliphatic carbocycles. The van der Waals surface area contributed by atoms with Gasteiger partial charge in [-0.2, -0.15) is 0 Å². The van der Waals surface area contributed by atoms with Crippen LogP contribution in [0.3, 0.4) is 0 Å².